The Kier molecular flexibility index (Phi) is 4.72. The molecule has 3 heterocycles. The van der Waals surface area contributed by atoms with E-state index in [2.05, 4.69) is 9.88 Å². The van der Waals surface area contributed by atoms with Crippen LogP contribution in [0.4, 0.5) is 5.82 Å². The summed E-state index contributed by atoms with van der Waals surface area (Å²) in [4.78, 5) is 7.48. The fraction of sp³-hybridized carbons (Fsp3) is 0.583. The zero-order valence-corrected chi connectivity index (χ0v) is 13.6. The van der Waals surface area contributed by atoms with Crippen LogP contribution in [0.25, 0.3) is 0 Å². The number of fused-ring (bicyclic) bond motifs is 3. The maximum absolute atomic E-state index is 5.75. The number of nitrogens with zero attached hydrogens (tertiary/aromatic N) is 2. The Morgan fingerprint density at radius 1 is 1.61 bits per heavy atom. The molecule has 1 aromatic rings. The van der Waals surface area contributed by atoms with Crippen LogP contribution < -0.4 is 39.2 Å². The van der Waals surface area contributed by atoms with E-state index in [9.17, 15) is 0 Å². The average molecular weight is 274 g/mol. The largest absolute Gasteiger partial charge is 1.00 e. The van der Waals surface area contributed by atoms with Gasteiger partial charge in [-0.1, -0.05) is 6.07 Å². The molecule has 4 nitrogen and oxygen atoms in total. The van der Waals surface area contributed by atoms with E-state index in [1.165, 1.54) is 0 Å². The predicted octanol–water partition coefficient (Wildman–Crippen LogP) is -1.77. The number of anilines is 1. The van der Waals surface area contributed by atoms with Crippen molar-refractivity contribution >= 4 is 18.4 Å². The quantitative estimate of drug-likeness (QED) is 0.471. The summed E-state index contributed by atoms with van der Waals surface area (Å²) >= 11 is 5.26. The van der Waals surface area contributed by atoms with Gasteiger partial charge in [-0.15, -0.1) is 4.90 Å². The number of rotatable bonds is 2. The molecule has 0 spiro atoms. The average Bonchev–Trinajstić information content (AvgIpc) is 2.73. The van der Waals surface area contributed by atoms with Gasteiger partial charge in [0.2, 0.25) is 0 Å². The standard InChI is InChI=1S/C12H16N2O2S.Na/c1-15-6-8-4-9-7-16-11-10(17)2-3-13-12(11)14(9)5-8;/h2-3,8-9H,4-7H2,1H3,(H,13,17);/q;+1/p-1/t8?,9-;/m0./s1. The van der Waals surface area contributed by atoms with Gasteiger partial charge in [0, 0.05) is 25.8 Å². The minimum Gasteiger partial charge on any atom is -0.776 e. The van der Waals surface area contributed by atoms with Crippen LogP contribution >= 0.6 is 0 Å². The molecule has 2 aliphatic rings. The van der Waals surface area contributed by atoms with Gasteiger partial charge >= 0.3 is 29.6 Å². The molecule has 1 saturated heterocycles. The minimum absolute atomic E-state index is 0. The van der Waals surface area contributed by atoms with Crippen LogP contribution in [-0.4, -0.2) is 37.9 Å². The number of ether oxygens (including phenoxy) is 2. The number of methoxy groups -OCH3 is 1. The molecule has 3 rings (SSSR count). The first-order valence-corrected chi connectivity index (χ1v) is 6.25. The zero-order chi connectivity index (χ0) is 11.8. The zero-order valence-electron chi connectivity index (χ0n) is 10.8. The fourth-order valence-corrected chi connectivity index (χ4v) is 2.94. The number of pyridine rings is 1. The van der Waals surface area contributed by atoms with Gasteiger partial charge in [0.1, 0.15) is 12.4 Å². The van der Waals surface area contributed by atoms with Crippen molar-refractivity contribution in [3.05, 3.63) is 12.3 Å². The van der Waals surface area contributed by atoms with E-state index in [4.69, 9.17) is 22.1 Å². The van der Waals surface area contributed by atoms with Crippen LogP contribution in [0.2, 0.25) is 0 Å². The Balaban J connectivity index is 0.00000120. The number of aromatic nitrogens is 1. The number of hydrogen-bond acceptors (Lipinski definition) is 5. The van der Waals surface area contributed by atoms with Gasteiger partial charge in [-0.2, -0.15) is 0 Å². The van der Waals surface area contributed by atoms with Crippen LogP contribution in [0.5, 0.6) is 5.75 Å². The van der Waals surface area contributed by atoms with Crippen LogP contribution in [0, 0.1) is 5.92 Å². The normalized spacial score (nSPS) is 24.8. The van der Waals surface area contributed by atoms with Crippen molar-refractivity contribution in [2.75, 3.05) is 31.8 Å². The molecule has 92 valence electrons. The predicted molar refractivity (Wildman–Crippen MR) is 66.5 cm³/mol. The third-order valence-corrected chi connectivity index (χ3v) is 3.77. The molecule has 0 radical (unpaired) electrons. The molecule has 0 amide bonds. The smallest absolute Gasteiger partial charge is 0.776 e. The second-order valence-electron chi connectivity index (χ2n) is 4.64. The van der Waals surface area contributed by atoms with Crippen molar-refractivity contribution in [2.45, 2.75) is 17.4 Å². The van der Waals surface area contributed by atoms with Gasteiger partial charge in [0.15, 0.2) is 5.82 Å². The maximum Gasteiger partial charge on any atom is 1.00 e. The van der Waals surface area contributed by atoms with Gasteiger partial charge in [0.25, 0.3) is 0 Å². The molecule has 2 atom stereocenters. The molecule has 1 fully saturated rings. The van der Waals surface area contributed by atoms with Crippen molar-refractivity contribution in [2.24, 2.45) is 5.92 Å². The first kappa shape index (κ1) is 14.3. The first-order chi connectivity index (χ1) is 8.29. The summed E-state index contributed by atoms with van der Waals surface area (Å²) in [5, 5.41) is 0. The van der Waals surface area contributed by atoms with Crippen molar-refractivity contribution < 1.29 is 39.0 Å². The molecule has 18 heavy (non-hydrogen) atoms. The Labute approximate surface area is 135 Å². The summed E-state index contributed by atoms with van der Waals surface area (Å²) in [5.74, 6) is 2.25. The van der Waals surface area contributed by atoms with Crippen LogP contribution in [0.15, 0.2) is 17.2 Å². The van der Waals surface area contributed by atoms with Gasteiger partial charge in [-0.05, 0) is 6.42 Å². The Hall–Kier alpha value is -0.0700. The SMILES string of the molecule is COCC1C[C@H]2COc3c([S-])ccnc3N2C1.[Na+]. The topological polar surface area (TPSA) is 34.6 Å². The Bertz CT molecular complexity index is 433. The van der Waals surface area contributed by atoms with E-state index < -0.39 is 0 Å². The van der Waals surface area contributed by atoms with Gasteiger partial charge in [-0.3, -0.25) is 0 Å². The van der Waals surface area contributed by atoms with E-state index in [1.54, 1.807) is 13.3 Å². The molecule has 6 heteroatoms. The molecule has 0 N–H and O–H groups in total. The van der Waals surface area contributed by atoms with Gasteiger partial charge in [-0.25, -0.2) is 4.98 Å². The van der Waals surface area contributed by atoms with Crippen LogP contribution in [0.3, 0.4) is 0 Å². The van der Waals surface area contributed by atoms with Crippen molar-refractivity contribution in [3.8, 4) is 5.75 Å². The van der Waals surface area contributed by atoms with Crippen molar-refractivity contribution in [1.82, 2.24) is 4.98 Å². The maximum atomic E-state index is 5.75. The van der Waals surface area contributed by atoms with E-state index >= 15 is 0 Å². The fourth-order valence-electron chi connectivity index (χ4n) is 2.73. The molecule has 1 aromatic heterocycles. The molecule has 0 aromatic carbocycles. The van der Waals surface area contributed by atoms with E-state index in [0.29, 0.717) is 18.6 Å². The molecule has 0 aliphatic carbocycles. The monoisotopic (exact) mass is 274 g/mol. The van der Waals surface area contributed by atoms with Crippen molar-refractivity contribution in [3.63, 3.8) is 0 Å². The summed E-state index contributed by atoms with van der Waals surface area (Å²) in [6.45, 7) is 2.50. The van der Waals surface area contributed by atoms with E-state index in [0.717, 1.165) is 36.0 Å². The molecule has 2 aliphatic heterocycles. The summed E-state index contributed by atoms with van der Waals surface area (Å²) < 4.78 is 11.0. The van der Waals surface area contributed by atoms with Crippen LogP contribution in [-0.2, 0) is 17.4 Å². The van der Waals surface area contributed by atoms with E-state index in [-0.39, 0.29) is 29.6 Å². The third kappa shape index (κ3) is 2.47. The second kappa shape index (κ2) is 5.92. The second-order valence-corrected chi connectivity index (χ2v) is 5.08. The minimum atomic E-state index is 0. The summed E-state index contributed by atoms with van der Waals surface area (Å²) in [6.07, 6.45) is 2.87. The first-order valence-electron chi connectivity index (χ1n) is 5.84. The number of hydrogen-bond donors (Lipinski definition) is 0. The Morgan fingerprint density at radius 2 is 2.44 bits per heavy atom. The van der Waals surface area contributed by atoms with E-state index in [1.807, 2.05) is 6.07 Å². The summed E-state index contributed by atoms with van der Waals surface area (Å²) in [6, 6.07) is 2.24. The third-order valence-electron chi connectivity index (χ3n) is 3.45. The summed E-state index contributed by atoms with van der Waals surface area (Å²) in [7, 11) is 1.75. The molecule has 1 unspecified atom stereocenters. The summed E-state index contributed by atoms with van der Waals surface area (Å²) in [5.41, 5.74) is 0. The van der Waals surface area contributed by atoms with Crippen LogP contribution in [0.1, 0.15) is 6.42 Å². The van der Waals surface area contributed by atoms with Gasteiger partial charge in [0.05, 0.1) is 12.6 Å². The molecular weight excluding hydrogens is 259 g/mol. The van der Waals surface area contributed by atoms with Crippen molar-refractivity contribution in [1.29, 1.82) is 0 Å². The molecular formula is C12H15N2NaO2S. The molecule has 0 saturated carbocycles. The Morgan fingerprint density at radius 3 is 3.22 bits per heavy atom. The molecule has 0 bridgehead atoms. The van der Waals surface area contributed by atoms with Gasteiger partial charge < -0.3 is 27.0 Å².